The summed E-state index contributed by atoms with van der Waals surface area (Å²) in [4.78, 5) is 14.0. The zero-order valence-corrected chi connectivity index (χ0v) is 15.5. The van der Waals surface area contributed by atoms with E-state index in [4.69, 9.17) is 4.74 Å². The van der Waals surface area contributed by atoms with Gasteiger partial charge >= 0.3 is 6.09 Å². The predicted octanol–water partition coefficient (Wildman–Crippen LogP) is 4.19. The predicted molar refractivity (Wildman–Crippen MR) is 92.1 cm³/mol. The van der Waals surface area contributed by atoms with Crippen LogP contribution in [0, 0.1) is 5.41 Å². The number of nitrogens with one attached hydrogen (secondary N) is 1. The maximum atomic E-state index is 12.1. The van der Waals surface area contributed by atoms with E-state index in [2.05, 4.69) is 26.1 Å². The van der Waals surface area contributed by atoms with Gasteiger partial charge in [0, 0.05) is 25.7 Å². The first-order valence-electron chi connectivity index (χ1n) is 8.90. The van der Waals surface area contributed by atoms with Crippen molar-refractivity contribution in [2.45, 2.75) is 85.3 Å². The number of amides is 1. The van der Waals surface area contributed by atoms with Gasteiger partial charge in [0.05, 0.1) is 0 Å². The van der Waals surface area contributed by atoms with Crippen LogP contribution >= 0.6 is 0 Å². The van der Waals surface area contributed by atoms with Crippen molar-refractivity contribution in [2.24, 2.45) is 5.41 Å². The Morgan fingerprint density at radius 3 is 2.32 bits per heavy atom. The molecule has 1 saturated heterocycles. The van der Waals surface area contributed by atoms with Gasteiger partial charge in [0.1, 0.15) is 5.60 Å². The van der Waals surface area contributed by atoms with Crippen LogP contribution in [0.3, 0.4) is 0 Å². The molecule has 0 aromatic carbocycles. The third kappa shape index (κ3) is 6.55. The minimum Gasteiger partial charge on any atom is -0.444 e. The first-order chi connectivity index (χ1) is 10.2. The van der Waals surface area contributed by atoms with Gasteiger partial charge in [-0.05, 0) is 51.9 Å². The summed E-state index contributed by atoms with van der Waals surface area (Å²) < 4.78 is 5.46. The lowest BCUT2D eigenvalue weighted by molar-refractivity contribution is 0.0117. The lowest BCUT2D eigenvalue weighted by Gasteiger charge is -2.40. The number of nitrogens with zero attached hydrogens (tertiary/aromatic N) is 1. The molecule has 0 aromatic heterocycles. The number of carbonyl (C=O) groups is 1. The van der Waals surface area contributed by atoms with E-state index in [1.54, 1.807) is 0 Å². The topological polar surface area (TPSA) is 41.6 Å². The number of ether oxygens (including phenoxy) is 1. The van der Waals surface area contributed by atoms with E-state index in [-0.39, 0.29) is 6.09 Å². The first kappa shape index (κ1) is 19.3. The summed E-state index contributed by atoms with van der Waals surface area (Å²) >= 11 is 0. The van der Waals surface area contributed by atoms with Crippen molar-refractivity contribution in [3.05, 3.63) is 0 Å². The molecular weight excluding hydrogens is 276 g/mol. The summed E-state index contributed by atoms with van der Waals surface area (Å²) in [7, 11) is 0. The SMILES string of the molecule is CCCC(CC)NCC1(C)CCN(C(=O)OC(C)(C)C)CC1. The molecule has 1 amide bonds. The third-order valence-corrected chi connectivity index (χ3v) is 4.57. The van der Waals surface area contributed by atoms with Crippen molar-refractivity contribution < 1.29 is 9.53 Å². The molecule has 0 radical (unpaired) electrons. The van der Waals surface area contributed by atoms with Crippen LogP contribution in [0.2, 0.25) is 0 Å². The number of carbonyl (C=O) groups excluding carboxylic acids is 1. The van der Waals surface area contributed by atoms with Crippen molar-refractivity contribution in [3.8, 4) is 0 Å². The monoisotopic (exact) mass is 312 g/mol. The van der Waals surface area contributed by atoms with Gasteiger partial charge in [0.2, 0.25) is 0 Å². The third-order valence-electron chi connectivity index (χ3n) is 4.57. The normalized spacial score (nSPS) is 19.8. The smallest absolute Gasteiger partial charge is 0.410 e. The number of piperidine rings is 1. The van der Waals surface area contributed by atoms with E-state index >= 15 is 0 Å². The van der Waals surface area contributed by atoms with E-state index in [1.807, 2.05) is 25.7 Å². The maximum Gasteiger partial charge on any atom is 0.410 e. The molecule has 1 rings (SSSR count). The van der Waals surface area contributed by atoms with Gasteiger partial charge in [-0.3, -0.25) is 0 Å². The van der Waals surface area contributed by atoms with Gasteiger partial charge < -0.3 is 15.0 Å². The molecule has 1 aliphatic heterocycles. The second-order valence-electron chi connectivity index (χ2n) is 8.05. The molecule has 1 aliphatic rings. The largest absolute Gasteiger partial charge is 0.444 e. The fourth-order valence-corrected chi connectivity index (χ4v) is 2.92. The van der Waals surface area contributed by atoms with Crippen molar-refractivity contribution in [1.29, 1.82) is 0 Å². The van der Waals surface area contributed by atoms with E-state index in [9.17, 15) is 4.79 Å². The molecule has 1 atom stereocenters. The molecule has 1 unspecified atom stereocenters. The molecule has 4 heteroatoms. The van der Waals surface area contributed by atoms with Gasteiger partial charge in [-0.2, -0.15) is 0 Å². The van der Waals surface area contributed by atoms with E-state index in [0.717, 1.165) is 32.5 Å². The van der Waals surface area contributed by atoms with Crippen LogP contribution in [-0.2, 0) is 4.74 Å². The van der Waals surface area contributed by atoms with Gasteiger partial charge in [-0.25, -0.2) is 4.79 Å². The van der Waals surface area contributed by atoms with E-state index in [0.29, 0.717) is 11.5 Å². The number of hydrogen-bond acceptors (Lipinski definition) is 3. The Balaban J connectivity index is 2.41. The highest BCUT2D eigenvalue weighted by Crippen LogP contribution is 2.31. The minimum atomic E-state index is -0.409. The Morgan fingerprint density at radius 1 is 1.27 bits per heavy atom. The molecule has 130 valence electrons. The number of hydrogen-bond donors (Lipinski definition) is 1. The Bertz CT molecular complexity index is 341. The lowest BCUT2D eigenvalue weighted by atomic mass is 9.80. The molecule has 0 aromatic rings. The Morgan fingerprint density at radius 2 is 1.86 bits per heavy atom. The molecule has 1 heterocycles. The van der Waals surface area contributed by atoms with Gasteiger partial charge in [0.25, 0.3) is 0 Å². The summed E-state index contributed by atoms with van der Waals surface area (Å²) in [6.07, 6.45) is 5.59. The molecule has 0 aliphatic carbocycles. The molecule has 0 bridgehead atoms. The van der Waals surface area contributed by atoms with Crippen LogP contribution in [0.15, 0.2) is 0 Å². The van der Waals surface area contributed by atoms with Gasteiger partial charge in [-0.1, -0.05) is 27.2 Å². The highest BCUT2D eigenvalue weighted by Gasteiger charge is 2.33. The van der Waals surface area contributed by atoms with E-state index < -0.39 is 5.60 Å². The summed E-state index contributed by atoms with van der Waals surface area (Å²) in [6, 6.07) is 0.630. The highest BCUT2D eigenvalue weighted by atomic mass is 16.6. The molecule has 1 fully saturated rings. The zero-order valence-electron chi connectivity index (χ0n) is 15.5. The van der Waals surface area contributed by atoms with Crippen LogP contribution in [0.5, 0.6) is 0 Å². The first-order valence-corrected chi connectivity index (χ1v) is 8.90. The fourth-order valence-electron chi connectivity index (χ4n) is 2.92. The zero-order chi connectivity index (χ0) is 16.8. The van der Waals surface area contributed by atoms with Crippen LogP contribution in [-0.4, -0.2) is 42.3 Å². The molecular formula is C18H36N2O2. The van der Waals surface area contributed by atoms with Crippen molar-refractivity contribution >= 4 is 6.09 Å². The Labute approximate surface area is 137 Å². The van der Waals surface area contributed by atoms with Crippen LogP contribution in [0.25, 0.3) is 0 Å². The molecule has 1 N–H and O–H groups in total. The van der Waals surface area contributed by atoms with Crippen LogP contribution in [0.1, 0.15) is 73.6 Å². The molecule has 4 nitrogen and oxygen atoms in total. The van der Waals surface area contributed by atoms with Crippen molar-refractivity contribution in [1.82, 2.24) is 10.2 Å². The summed E-state index contributed by atoms with van der Waals surface area (Å²) in [6.45, 7) is 15.2. The second-order valence-corrected chi connectivity index (χ2v) is 8.05. The Kier molecular flexibility index (Phi) is 7.17. The molecule has 0 spiro atoms. The van der Waals surface area contributed by atoms with Crippen molar-refractivity contribution in [2.75, 3.05) is 19.6 Å². The lowest BCUT2D eigenvalue weighted by Crippen LogP contribution is -2.48. The molecule has 0 saturated carbocycles. The standard InChI is InChI=1S/C18H36N2O2/c1-7-9-15(8-2)19-14-18(6)10-12-20(13-11-18)16(21)22-17(3,4)5/h15,19H,7-14H2,1-6H3. The van der Waals surface area contributed by atoms with Gasteiger partial charge in [-0.15, -0.1) is 0 Å². The second kappa shape index (κ2) is 8.19. The Hall–Kier alpha value is -0.770. The van der Waals surface area contributed by atoms with Crippen LogP contribution < -0.4 is 5.32 Å². The summed E-state index contributed by atoms with van der Waals surface area (Å²) in [5, 5.41) is 3.73. The minimum absolute atomic E-state index is 0.167. The maximum absolute atomic E-state index is 12.1. The summed E-state index contributed by atoms with van der Waals surface area (Å²) in [5.41, 5.74) is -0.117. The quantitative estimate of drug-likeness (QED) is 0.799. The van der Waals surface area contributed by atoms with Crippen molar-refractivity contribution in [3.63, 3.8) is 0 Å². The average molecular weight is 312 g/mol. The van der Waals surface area contributed by atoms with Gasteiger partial charge in [0.15, 0.2) is 0 Å². The highest BCUT2D eigenvalue weighted by molar-refractivity contribution is 5.68. The fraction of sp³-hybridized carbons (Fsp3) is 0.944. The number of likely N-dealkylation sites (tertiary alicyclic amines) is 1. The number of rotatable bonds is 6. The summed E-state index contributed by atoms with van der Waals surface area (Å²) in [5.74, 6) is 0. The molecule has 22 heavy (non-hydrogen) atoms. The van der Waals surface area contributed by atoms with Crippen LogP contribution in [0.4, 0.5) is 4.79 Å². The average Bonchev–Trinajstić information content (AvgIpc) is 2.42. The van der Waals surface area contributed by atoms with E-state index in [1.165, 1.54) is 19.3 Å².